The minimum atomic E-state index is -1.32. The van der Waals surface area contributed by atoms with Crippen LogP contribution in [0.15, 0.2) is 65.8 Å². The van der Waals surface area contributed by atoms with E-state index in [0.29, 0.717) is 24.8 Å². The molecule has 9 atom stereocenters. The lowest BCUT2D eigenvalue weighted by molar-refractivity contribution is -0.138. The zero-order valence-electron chi connectivity index (χ0n) is 48.1. The van der Waals surface area contributed by atoms with Crippen molar-refractivity contribution in [2.45, 2.75) is 155 Å². The molecule has 1 heterocycles. The predicted molar refractivity (Wildman–Crippen MR) is 310 cm³/mol. The number of H-pyrrole nitrogens is 1. The molecule has 3 aromatic rings. The molecule has 9 amide bonds. The maximum absolute atomic E-state index is 14.6. The van der Waals surface area contributed by atoms with Gasteiger partial charge in [0.15, 0.2) is 5.96 Å². The third-order valence-electron chi connectivity index (χ3n) is 13.5. The quantitative estimate of drug-likeness (QED) is 0.0188. The highest BCUT2D eigenvalue weighted by Crippen LogP contribution is 2.20. The van der Waals surface area contributed by atoms with Crippen molar-refractivity contribution in [3.8, 4) is 0 Å². The van der Waals surface area contributed by atoms with Crippen molar-refractivity contribution in [2.75, 3.05) is 26.2 Å². The fraction of sp³-hybridized carbons (Fsp3) is 0.554. The normalized spacial score (nSPS) is 14.5. The van der Waals surface area contributed by atoms with Crippen LogP contribution in [0.4, 0.5) is 0 Å². The van der Waals surface area contributed by atoms with Crippen molar-refractivity contribution in [3.63, 3.8) is 0 Å². The smallest absolute Gasteiger partial charge is 0.322 e. The summed E-state index contributed by atoms with van der Waals surface area (Å²) < 4.78 is 0. The van der Waals surface area contributed by atoms with Crippen molar-refractivity contribution >= 4 is 76.0 Å². The predicted octanol–water partition coefficient (Wildman–Crippen LogP) is -1.06. The second-order valence-electron chi connectivity index (χ2n) is 21.2. The van der Waals surface area contributed by atoms with Crippen LogP contribution in [-0.4, -0.2) is 150 Å². The lowest BCUT2D eigenvalue weighted by atomic mass is 9.97. The highest BCUT2D eigenvalue weighted by Gasteiger charge is 2.35. The van der Waals surface area contributed by atoms with E-state index in [2.05, 4.69) is 57.8 Å². The van der Waals surface area contributed by atoms with Crippen LogP contribution in [0, 0.1) is 17.8 Å². The number of fused-ring (bicyclic) bond motifs is 1. The van der Waals surface area contributed by atoms with Crippen LogP contribution in [0.2, 0.25) is 0 Å². The summed E-state index contributed by atoms with van der Waals surface area (Å²) in [7, 11) is 0. The monoisotopic (exact) mass is 1150 g/mol. The second kappa shape index (κ2) is 34.9. The van der Waals surface area contributed by atoms with E-state index in [0.717, 1.165) is 16.5 Å². The molecule has 2 aromatic carbocycles. The number of aliphatic carboxylic acids is 1. The number of aromatic nitrogens is 1. The van der Waals surface area contributed by atoms with Gasteiger partial charge in [-0.25, -0.2) is 0 Å². The number of hydrogen-bond acceptors (Lipinski definition) is 13. The number of guanidine groups is 1. The van der Waals surface area contributed by atoms with Crippen LogP contribution in [0.25, 0.3) is 10.9 Å². The Morgan fingerprint density at radius 2 is 1.17 bits per heavy atom. The first-order chi connectivity index (χ1) is 38.8. The number of unbranched alkanes of at least 4 members (excludes halogenated alkanes) is 1. The molecule has 1 aromatic heterocycles. The molecular formula is C56H87N15O11. The van der Waals surface area contributed by atoms with E-state index >= 15 is 0 Å². The first-order valence-corrected chi connectivity index (χ1v) is 27.8. The molecular weight excluding hydrogens is 1060 g/mol. The number of carbonyl (C=O) groups is 10. The number of aliphatic imine (C=N–C) groups is 1. The molecule has 0 spiro atoms. The van der Waals surface area contributed by atoms with Gasteiger partial charge < -0.3 is 80.9 Å². The first-order valence-electron chi connectivity index (χ1n) is 27.8. The van der Waals surface area contributed by atoms with Gasteiger partial charge in [0.05, 0.1) is 12.6 Å². The number of para-hydroxylation sites is 1. The van der Waals surface area contributed by atoms with Crippen molar-refractivity contribution < 1.29 is 53.1 Å². The van der Waals surface area contributed by atoms with Gasteiger partial charge in [0.1, 0.15) is 48.8 Å². The third kappa shape index (κ3) is 23.5. The summed E-state index contributed by atoms with van der Waals surface area (Å²) in [4.78, 5) is 142. The number of carboxylic acids is 1. The lowest BCUT2D eigenvalue weighted by Crippen LogP contribution is -2.61. The molecule has 0 fully saturated rings. The van der Waals surface area contributed by atoms with Crippen molar-refractivity contribution in [3.05, 3.63) is 71.9 Å². The topological polar surface area (TPSA) is 431 Å². The Morgan fingerprint density at radius 1 is 0.598 bits per heavy atom. The summed E-state index contributed by atoms with van der Waals surface area (Å²) in [5.74, 6) is -9.14. The third-order valence-corrected chi connectivity index (χ3v) is 13.5. The van der Waals surface area contributed by atoms with Crippen LogP contribution in [0.1, 0.15) is 105 Å². The van der Waals surface area contributed by atoms with Crippen molar-refractivity contribution in [1.82, 2.24) is 52.8 Å². The van der Waals surface area contributed by atoms with E-state index in [1.54, 1.807) is 27.0 Å². The molecule has 26 nitrogen and oxygen atoms in total. The summed E-state index contributed by atoms with van der Waals surface area (Å²) in [5, 5.41) is 33.4. The zero-order valence-corrected chi connectivity index (χ0v) is 48.1. The number of amides is 9. The molecule has 0 unspecified atom stereocenters. The molecule has 0 aliphatic heterocycles. The molecule has 19 N–H and O–H groups in total. The zero-order chi connectivity index (χ0) is 61.1. The van der Waals surface area contributed by atoms with E-state index in [4.69, 9.17) is 28.0 Å². The maximum Gasteiger partial charge on any atom is 0.322 e. The molecule has 0 aliphatic carbocycles. The SMILES string of the molecule is CC[C@H](C)[C@H](NC(=O)[C@@H](N)Cc1ccccc1)C(=O)N[C@@H](C)C(=O)N[C@@H](Cc1c[nH]c2ccccc12)C(=O)N[C@@H](CC(C)C)C(=O)N[C@H](C(=O)N[C@@H](CCCCN)C(=O)NCC(=O)N[C@@H](CCCN=C(N)N)C(=O)NCC(=O)O)C(C)C. The Kier molecular flexibility index (Phi) is 29.0. The Bertz CT molecular complexity index is 2640. The van der Waals surface area contributed by atoms with E-state index in [-0.39, 0.29) is 69.4 Å². The number of carbonyl (C=O) groups excluding carboxylic acids is 9. The van der Waals surface area contributed by atoms with Crippen LogP contribution in [0.5, 0.6) is 0 Å². The van der Waals surface area contributed by atoms with Crippen LogP contribution in [0.3, 0.4) is 0 Å². The van der Waals surface area contributed by atoms with E-state index < -0.39 is 126 Å². The Balaban J connectivity index is 1.82. The lowest BCUT2D eigenvalue weighted by Gasteiger charge is -2.29. The van der Waals surface area contributed by atoms with Crippen molar-refractivity contribution in [1.29, 1.82) is 0 Å². The van der Waals surface area contributed by atoms with Gasteiger partial charge in [-0.2, -0.15) is 0 Å². The van der Waals surface area contributed by atoms with E-state index in [1.807, 2.05) is 75.4 Å². The molecule has 0 aliphatic rings. The van der Waals surface area contributed by atoms with Gasteiger partial charge in [-0.3, -0.25) is 52.9 Å². The number of nitrogens with two attached hydrogens (primary N) is 4. The number of benzene rings is 2. The molecule has 0 radical (unpaired) electrons. The van der Waals surface area contributed by atoms with E-state index in [1.165, 1.54) is 6.92 Å². The number of carboxylic acid groups (broad SMARTS) is 1. The number of nitrogens with one attached hydrogen (secondary N) is 10. The van der Waals surface area contributed by atoms with Gasteiger partial charge in [-0.15, -0.1) is 0 Å². The summed E-state index contributed by atoms with van der Waals surface area (Å²) >= 11 is 0. The van der Waals surface area contributed by atoms with Crippen LogP contribution in [-0.2, 0) is 60.8 Å². The van der Waals surface area contributed by atoms with Crippen LogP contribution >= 0.6 is 0 Å². The van der Waals surface area contributed by atoms with E-state index in [9.17, 15) is 47.9 Å². The highest BCUT2D eigenvalue weighted by atomic mass is 16.4. The molecule has 0 bridgehead atoms. The van der Waals surface area contributed by atoms with Gasteiger partial charge in [-0.1, -0.05) is 96.5 Å². The highest BCUT2D eigenvalue weighted by molar-refractivity contribution is 5.98. The number of nitrogens with zero attached hydrogens (tertiary/aromatic N) is 1. The Morgan fingerprint density at radius 3 is 1.79 bits per heavy atom. The molecule has 82 heavy (non-hydrogen) atoms. The summed E-state index contributed by atoms with van der Waals surface area (Å²) in [6.45, 7) is 11.1. The minimum absolute atomic E-state index is 0.0165. The molecule has 452 valence electrons. The van der Waals surface area contributed by atoms with Gasteiger partial charge in [0.2, 0.25) is 53.2 Å². The fourth-order valence-electron chi connectivity index (χ4n) is 8.70. The largest absolute Gasteiger partial charge is 0.480 e. The first kappa shape index (κ1) is 68.1. The number of hydrogen-bond donors (Lipinski definition) is 15. The minimum Gasteiger partial charge on any atom is -0.480 e. The average molecular weight is 1150 g/mol. The van der Waals surface area contributed by atoms with Crippen LogP contribution < -0.4 is 70.8 Å². The van der Waals surface area contributed by atoms with Gasteiger partial charge in [-0.05, 0) is 93.4 Å². The molecule has 26 heteroatoms. The second-order valence-corrected chi connectivity index (χ2v) is 21.2. The molecule has 3 rings (SSSR count). The Hall–Kier alpha value is -8.13. The summed E-state index contributed by atoms with van der Waals surface area (Å²) in [6.07, 6.45) is 3.66. The maximum atomic E-state index is 14.6. The standard InChI is InChI=1S/C56H87N15O11/c1-8-33(6)47(71-49(76)38(58)26-35-17-10-9-11-18-35)55(82)65-34(7)48(75)68-43(27-36-28-62-39-20-13-12-19-37(36)39)52(79)69-42(25-31(2)3)53(80)70-46(32(4)5)54(81)67-41(21-14-15-23-57)51(78)63-29-44(72)66-40(22-16-24-61-56(59)60)50(77)64-30-45(73)74/h9-13,17-20,28,31-34,38,40-43,46-47,62H,8,14-16,21-27,29-30,57-58H2,1-7H3,(H,63,78)(H,64,77)(H,65,82)(H,66,72)(H,67,81)(H,68,75)(H,69,79)(H,70,80)(H,71,76)(H,73,74)(H4,59,60,61)/t33-,34-,38-,40-,41-,42-,43-,46-,47-/m0/s1. The summed E-state index contributed by atoms with van der Waals surface area (Å²) in [5.41, 5.74) is 25.0. The molecule has 0 saturated carbocycles. The van der Waals surface area contributed by atoms with Gasteiger partial charge in [0, 0.05) is 30.1 Å². The Labute approximate surface area is 478 Å². The van der Waals surface area contributed by atoms with Crippen molar-refractivity contribution in [2.24, 2.45) is 45.7 Å². The summed E-state index contributed by atoms with van der Waals surface area (Å²) in [6, 6.07) is 7.03. The average Bonchev–Trinajstić information content (AvgIpc) is 3.97. The van der Waals surface area contributed by atoms with Gasteiger partial charge >= 0.3 is 5.97 Å². The van der Waals surface area contributed by atoms with Gasteiger partial charge in [0.25, 0.3) is 0 Å². The molecule has 0 saturated heterocycles. The fourth-order valence-corrected chi connectivity index (χ4v) is 8.70. The number of rotatable bonds is 36. The number of aromatic amines is 1.